The van der Waals surface area contributed by atoms with Gasteiger partial charge in [-0.1, -0.05) is 13.8 Å². The van der Waals surface area contributed by atoms with Crippen molar-refractivity contribution in [3.63, 3.8) is 0 Å². The standard InChI is InChI=1S/C18H26F3N5OS/c1-11-6-12(2)10-26(9-11)15-7-14(18(19,20)21)23-16(24-15)25-17(28)22-8-13-4-3-5-27-13/h7,11-13H,3-6,8-10H2,1-2H3,(H2,22,23,24,25,28)/t11-,12+,13-/m0/s1. The molecule has 0 amide bonds. The van der Waals surface area contributed by atoms with Crippen molar-refractivity contribution >= 4 is 29.1 Å². The van der Waals surface area contributed by atoms with Gasteiger partial charge in [-0.25, -0.2) is 4.98 Å². The molecule has 6 nitrogen and oxygen atoms in total. The largest absolute Gasteiger partial charge is 0.433 e. The molecule has 1 aromatic heterocycles. The molecule has 2 aliphatic heterocycles. The molecule has 0 bridgehead atoms. The van der Waals surface area contributed by atoms with Crippen molar-refractivity contribution in [1.82, 2.24) is 15.3 Å². The predicted molar refractivity (Wildman–Crippen MR) is 105 cm³/mol. The van der Waals surface area contributed by atoms with Crippen molar-refractivity contribution in [2.75, 3.05) is 36.5 Å². The molecule has 0 spiro atoms. The zero-order valence-electron chi connectivity index (χ0n) is 16.1. The molecule has 3 atom stereocenters. The Hall–Kier alpha value is -1.68. The molecule has 0 aliphatic carbocycles. The first-order valence-electron chi connectivity index (χ1n) is 9.58. The number of anilines is 2. The Morgan fingerprint density at radius 3 is 2.61 bits per heavy atom. The number of alkyl halides is 3. The van der Waals surface area contributed by atoms with E-state index in [1.807, 2.05) is 4.90 Å². The Balaban J connectivity index is 1.74. The number of piperidine rings is 1. The van der Waals surface area contributed by atoms with Crippen LogP contribution in [0.5, 0.6) is 0 Å². The average molecular weight is 418 g/mol. The minimum absolute atomic E-state index is 0.0639. The third kappa shape index (κ3) is 5.66. The van der Waals surface area contributed by atoms with Crippen LogP contribution in [-0.2, 0) is 10.9 Å². The van der Waals surface area contributed by atoms with Gasteiger partial charge < -0.3 is 20.3 Å². The van der Waals surface area contributed by atoms with E-state index in [2.05, 4.69) is 34.4 Å². The fourth-order valence-electron chi connectivity index (χ4n) is 3.81. The topological polar surface area (TPSA) is 62.3 Å². The maximum atomic E-state index is 13.4. The minimum Gasteiger partial charge on any atom is -0.376 e. The van der Waals surface area contributed by atoms with Crippen molar-refractivity contribution in [3.05, 3.63) is 11.8 Å². The van der Waals surface area contributed by atoms with Crippen LogP contribution in [0.15, 0.2) is 6.07 Å². The summed E-state index contributed by atoms with van der Waals surface area (Å²) in [6, 6.07) is 1.01. The number of hydrogen-bond acceptors (Lipinski definition) is 5. The number of nitrogens with zero attached hydrogens (tertiary/aromatic N) is 3. The van der Waals surface area contributed by atoms with E-state index in [9.17, 15) is 13.2 Å². The first-order valence-corrected chi connectivity index (χ1v) is 9.99. The van der Waals surface area contributed by atoms with Crippen molar-refractivity contribution in [2.45, 2.75) is 45.4 Å². The second-order valence-electron chi connectivity index (χ2n) is 7.75. The van der Waals surface area contributed by atoms with Gasteiger partial charge in [0, 0.05) is 32.3 Å². The molecule has 28 heavy (non-hydrogen) atoms. The van der Waals surface area contributed by atoms with E-state index in [-0.39, 0.29) is 23.0 Å². The molecule has 2 aliphatic rings. The Morgan fingerprint density at radius 1 is 1.29 bits per heavy atom. The molecule has 0 radical (unpaired) electrons. The number of halogens is 3. The third-order valence-corrected chi connectivity index (χ3v) is 5.18. The lowest BCUT2D eigenvalue weighted by Gasteiger charge is -2.36. The monoisotopic (exact) mass is 417 g/mol. The van der Waals surface area contributed by atoms with Gasteiger partial charge in [-0.3, -0.25) is 0 Å². The van der Waals surface area contributed by atoms with E-state index < -0.39 is 11.9 Å². The SMILES string of the molecule is C[C@@H]1C[C@H](C)CN(c2cc(C(F)(F)F)nc(NC(=S)NC[C@@H]3CCCO3)n2)C1. The van der Waals surface area contributed by atoms with Crippen LogP contribution in [0.1, 0.15) is 38.8 Å². The molecule has 2 saturated heterocycles. The summed E-state index contributed by atoms with van der Waals surface area (Å²) in [5.41, 5.74) is -0.979. The van der Waals surface area contributed by atoms with Crippen molar-refractivity contribution < 1.29 is 17.9 Å². The van der Waals surface area contributed by atoms with Gasteiger partial charge in [0.1, 0.15) is 5.82 Å². The van der Waals surface area contributed by atoms with Crippen LogP contribution in [0.4, 0.5) is 24.9 Å². The molecule has 1 aromatic rings. The highest BCUT2D eigenvalue weighted by Crippen LogP contribution is 2.32. The molecule has 0 aromatic carbocycles. The molecule has 0 unspecified atom stereocenters. The highest BCUT2D eigenvalue weighted by Gasteiger charge is 2.35. The molecule has 3 rings (SSSR count). The van der Waals surface area contributed by atoms with Crippen molar-refractivity contribution in [3.8, 4) is 0 Å². The first-order chi connectivity index (χ1) is 13.2. The summed E-state index contributed by atoms with van der Waals surface area (Å²) >= 11 is 5.19. The van der Waals surface area contributed by atoms with E-state index in [0.717, 1.165) is 31.9 Å². The second kappa shape index (κ2) is 8.77. The van der Waals surface area contributed by atoms with Crippen LogP contribution in [0.25, 0.3) is 0 Å². The van der Waals surface area contributed by atoms with E-state index in [1.54, 1.807) is 0 Å². The average Bonchev–Trinajstić information content (AvgIpc) is 3.11. The smallest absolute Gasteiger partial charge is 0.376 e. The molecule has 0 saturated carbocycles. The van der Waals surface area contributed by atoms with Crippen LogP contribution < -0.4 is 15.5 Å². The third-order valence-electron chi connectivity index (χ3n) is 4.94. The lowest BCUT2D eigenvalue weighted by atomic mass is 9.92. The molecule has 156 valence electrons. The fraction of sp³-hybridized carbons (Fsp3) is 0.722. The van der Waals surface area contributed by atoms with Gasteiger partial charge in [0.2, 0.25) is 5.95 Å². The predicted octanol–water partition coefficient (Wildman–Crippen LogP) is 3.44. The van der Waals surface area contributed by atoms with Gasteiger partial charge >= 0.3 is 6.18 Å². The maximum Gasteiger partial charge on any atom is 0.433 e. The zero-order chi connectivity index (χ0) is 20.3. The highest BCUT2D eigenvalue weighted by molar-refractivity contribution is 7.80. The Morgan fingerprint density at radius 2 is 2.00 bits per heavy atom. The van der Waals surface area contributed by atoms with Gasteiger partial charge in [-0.05, 0) is 43.3 Å². The summed E-state index contributed by atoms with van der Waals surface area (Å²) in [7, 11) is 0. The normalized spacial score (nSPS) is 25.6. The Kier molecular flexibility index (Phi) is 6.59. The number of rotatable bonds is 4. The molecular weight excluding hydrogens is 391 g/mol. The fourth-order valence-corrected chi connectivity index (χ4v) is 3.98. The van der Waals surface area contributed by atoms with Gasteiger partial charge in [-0.2, -0.15) is 18.2 Å². The van der Waals surface area contributed by atoms with Crippen molar-refractivity contribution in [2.24, 2.45) is 11.8 Å². The Labute approximate surface area is 168 Å². The molecule has 2 N–H and O–H groups in total. The minimum atomic E-state index is -4.56. The second-order valence-corrected chi connectivity index (χ2v) is 8.16. The maximum absolute atomic E-state index is 13.4. The van der Waals surface area contributed by atoms with Crippen LogP contribution in [0, 0.1) is 11.8 Å². The summed E-state index contributed by atoms with van der Waals surface area (Å²) in [4.78, 5) is 9.82. The van der Waals surface area contributed by atoms with E-state index in [1.165, 1.54) is 0 Å². The van der Waals surface area contributed by atoms with Crippen LogP contribution in [0.2, 0.25) is 0 Å². The first kappa shape index (κ1) is 21.0. The lowest BCUT2D eigenvalue weighted by Crippen LogP contribution is -2.40. The van der Waals surface area contributed by atoms with Gasteiger partial charge in [0.05, 0.1) is 6.10 Å². The summed E-state index contributed by atoms with van der Waals surface area (Å²) in [5.74, 6) is 0.892. The van der Waals surface area contributed by atoms with E-state index in [4.69, 9.17) is 17.0 Å². The number of hydrogen-bond donors (Lipinski definition) is 2. The number of thiocarbonyl (C=S) groups is 1. The quantitative estimate of drug-likeness (QED) is 0.728. The highest BCUT2D eigenvalue weighted by atomic mass is 32.1. The number of aromatic nitrogens is 2. The summed E-state index contributed by atoms with van der Waals surface area (Å²) in [6.45, 7) is 6.74. The molecule has 10 heteroatoms. The van der Waals surface area contributed by atoms with Gasteiger partial charge in [-0.15, -0.1) is 0 Å². The number of ether oxygens (including phenoxy) is 1. The molecular formula is C18H26F3N5OS. The number of nitrogens with one attached hydrogen (secondary N) is 2. The molecule has 2 fully saturated rings. The van der Waals surface area contributed by atoms with Crippen LogP contribution >= 0.6 is 12.2 Å². The molecule has 3 heterocycles. The zero-order valence-corrected chi connectivity index (χ0v) is 16.9. The van der Waals surface area contributed by atoms with Gasteiger partial charge in [0.25, 0.3) is 0 Å². The van der Waals surface area contributed by atoms with E-state index in [0.29, 0.717) is 31.5 Å². The lowest BCUT2D eigenvalue weighted by molar-refractivity contribution is -0.141. The Bertz CT molecular complexity index is 686. The van der Waals surface area contributed by atoms with Gasteiger partial charge in [0.15, 0.2) is 10.8 Å². The summed E-state index contributed by atoms with van der Waals surface area (Å²) in [5, 5.41) is 5.84. The van der Waals surface area contributed by atoms with Crippen molar-refractivity contribution in [1.29, 1.82) is 0 Å². The van der Waals surface area contributed by atoms with Crippen LogP contribution in [-0.4, -0.2) is 47.4 Å². The summed E-state index contributed by atoms with van der Waals surface area (Å²) in [6.07, 6.45) is -1.51. The van der Waals surface area contributed by atoms with E-state index >= 15 is 0 Å². The summed E-state index contributed by atoms with van der Waals surface area (Å²) < 4.78 is 45.6. The van der Waals surface area contributed by atoms with Crippen LogP contribution in [0.3, 0.4) is 0 Å².